The van der Waals surface area contributed by atoms with Crippen LogP contribution < -0.4 is 9.62 Å². The number of aryl methyl sites for hydroxylation is 1. The number of para-hydroxylation sites is 2. The Balaban J connectivity index is 1.68. The third-order valence-electron chi connectivity index (χ3n) is 4.99. The van der Waals surface area contributed by atoms with E-state index in [1.54, 1.807) is 23.1 Å². The van der Waals surface area contributed by atoms with E-state index in [4.69, 9.17) is 11.6 Å². The molecule has 0 bridgehead atoms. The summed E-state index contributed by atoms with van der Waals surface area (Å²) in [6.45, 7) is 2.37. The quantitative estimate of drug-likeness (QED) is 0.660. The molecule has 0 fully saturated rings. The molecule has 29 heavy (non-hydrogen) atoms. The minimum absolute atomic E-state index is 0.0597. The summed E-state index contributed by atoms with van der Waals surface area (Å²) >= 11 is 6.19. The number of carbonyl (C=O) groups is 1. The number of amides is 1. The zero-order chi connectivity index (χ0) is 20.6. The van der Waals surface area contributed by atoms with E-state index in [0.29, 0.717) is 12.2 Å². The standard InChI is InChI=1S/C22H19ClN2O3S/c1-15-6-2-4-8-19(15)24-29(27,28)21-14-17(10-11-18(21)23)22(26)25-13-12-16-7-3-5-9-20(16)25/h2-11,14,24H,12-13H2,1H3. The first-order chi connectivity index (χ1) is 13.9. The molecule has 3 aromatic carbocycles. The second kappa shape index (κ2) is 7.54. The molecule has 0 aliphatic carbocycles. The van der Waals surface area contributed by atoms with Crippen LogP contribution in [0, 0.1) is 6.92 Å². The fraction of sp³-hybridized carbons (Fsp3) is 0.136. The molecule has 0 unspecified atom stereocenters. The monoisotopic (exact) mass is 426 g/mol. The van der Waals surface area contributed by atoms with Gasteiger partial charge >= 0.3 is 0 Å². The van der Waals surface area contributed by atoms with Crippen LogP contribution in [0.4, 0.5) is 11.4 Å². The minimum atomic E-state index is -3.96. The van der Waals surface area contributed by atoms with Gasteiger partial charge in [-0.2, -0.15) is 0 Å². The molecule has 1 aliphatic heterocycles. The number of benzene rings is 3. The van der Waals surface area contributed by atoms with E-state index < -0.39 is 10.0 Å². The molecule has 4 rings (SSSR count). The van der Waals surface area contributed by atoms with Gasteiger partial charge in [0.25, 0.3) is 15.9 Å². The average molecular weight is 427 g/mol. The van der Waals surface area contributed by atoms with Crippen LogP contribution in [0.5, 0.6) is 0 Å². The van der Waals surface area contributed by atoms with Gasteiger partial charge in [-0.05, 0) is 54.8 Å². The Hall–Kier alpha value is -2.83. The zero-order valence-electron chi connectivity index (χ0n) is 15.7. The highest BCUT2D eigenvalue weighted by molar-refractivity contribution is 7.92. The molecule has 0 saturated heterocycles. The summed E-state index contributed by atoms with van der Waals surface area (Å²) in [5.74, 6) is -0.251. The van der Waals surface area contributed by atoms with Crippen LogP contribution in [0.2, 0.25) is 5.02 Å². The third kappa shape index (κ3) is 3.73. The Kier molecular flexibility index (Phi) is 5.06. The van der Waals surface area contributed by atoms with Crippen molar-refractivity contribution in [3.05, 3.63) is 88.4 Å². The molecule has 1 amide bonds. The molecule has 1 heterocycles. The van der Waals surface area contributed by atoms with Crippen molar-refractivity contribution in [2.45, 2.75) is 18.2 Å². The lowest BCUT2D eigenvalue weighted by Gasteiger charge is -2.18. The van der Waals surface area contributed by atoms with Gasteiger partial charge in [0.1, 0.15) is 4.90 Å². The van der Waals surface area contributed by atoms with Gasteiger partial charge in [-0.1, -0.05) is 48.0 Å². The first-order valence-electron chi connectivity index (χ1n) is 9.14. The van der Waals surface area contributed by atoms with E-state index in [1.165, 1.54) is 12.1 Å². The lowest BCUT2D eigenvalue weighted by atomic mass is 10.1. The van der Waals surface area contributed by atoms with Crippen LogP contribution in [0.3, 0.4) is 0 Å². The highest BCUT2D eigenvalue weighted by Gasteiger charge is 2.27. The zero-order valence-corrected chi connectivity index (χ0v) is 17.3. The van der Waals surface area contributed by atoms with Gasteiger partial charge in [0.15, 0.2) is 0 Å². The molecule has 7 heteroatoms. The third-order valence-corrected chi connectivity index (χ3v) is 6.84. The molecule has 5 nitrogen and oxygen atoms in total. The minimum Gasteiger partial charge on any atom is -0.308 e. The second-order valence-electron chi connectivity index (χ2n) is 6.90. The highest BCUT2D eigenvalue weighted by atomic mass is 35.5. The van der Waals surface area contributed by atoms with Gasteiger partial charge in [0.05, 0.1) is 10.7 Å². The molecule has 0 spiro atoms. The fourth-order valence-electron chi connectivity index (χ4n) is 3.43. The number of sulfonamides is 1. The van der Waals surface area contributed by atoms with E-state index in [2.05, 4.69) is 4.72 Å². The molecule has 3 aromatic rings. The number of rotatable bonds is 4. The topological polar surface area (TPSA) is 66.5 Å². The van der Waals surface area contributed by atoms with Crippen molar-refractivity contribution in [2.75, 3.05) is 16.2 Å². The second-order valence-corrected chi connectivity index (χ2v) is 8.96. The highest BCUT2D eigenvalue weighted by Crippen LogP contribution is 2.31. The molecule has 0 aromatic heterocycles. The molecule has 0 radical (unpaired) electrons. The molecule has 148 valence electrons. The molecular formula is C22H19ClN2O3S. The van der Waals surface area contributed by atoms with Gasteiger partial charge in [-0.3, -0.25) is 9.52 Å². The van der Waals surface area contributed by atoms with Crippen LogP contribution in [0.15, 0.2) is 71.6 Å². The van der Waals surface area contributed by atoms with Crippen LogP contribution >= 0.6 is 11.6 Å². The van der Waals surface area contributed by atoms with Crippen LogP contribution in [-0.2, 0) is 16.4 Å². The predicted octanol–water partition coefficient (Wildman–Crippen LogP) is 4.65. The molecule has 0 saturated carbocycles. The number of halogens is 1. The van der Waals surface area contributed by atoms with Crippen molar-refractivity contribution in [1.82, 2.24) is 0 Å². The predicted molar refractivity (Wildman–Crippen MR) is 115 cm³/mol. The van der Waals surface area contributed by atoms with E-state index >= 15 is 0 Å². The SMILES string of the molecule is Cc1ccccc1NS(=O)(=O)c1cc(C(=O)N2CCc3ccccc32)ccc1Cl. The number of hydrogen-bond donors (Lipinski definition) is 1. The molecule has 0 atom stereocenters. The van der Waals surface area contributed by atoms with Gasteiger partial charge < -0.3 is 4.90 Å². The Bertz CT molecular complexity index is 1210. The number of hydrogen-bond acceptors (Lipinski definition) is 3. The summed E-state index contributed by atoms with van der Waals surface area (Å²) in [6.07, 6.45) is 0.773. The van der Waals surface area contributed by atoms with Crippen molar-refractivity contribution in [3.8, 4) is 0 Å². The van der Waals surface area contributed by atoms with E-state index in [1.807, 2.05) is 43.3 Å². The average Bonchev–Trinajstić information content (AvgIpc) is 3.13. The van der Waals surface area contributed by atoms with Crippen molar-refractivity contribution < 1.29 is 13.2 Å². The first kappa shape index (κ1) is 19.5. The summed E-state index contributed by atoms with van der Waals surface area (Å²) in [7, 11) is -3.96. The number of fused-ring (bicyclic) bond motifs is 1. The Morgan fingerprint density at radius 2 is 1.76 bits per heavy atom. The maximum atomic E-state index is 13.1. The van der Waals surface area contributed by atoms with Crippen LogP contribution in [0.25, 0.3) is 0 Å². The Morgan fingerprint density at radius 3 is 2.55 bits per heavy atom. The smallest absolute Gasteiger partial charge is 0.263 e. The van der Waals surface area contributed by atoms with E-state index in [-0.39, 0.29) is 21.4 Å². The van der Waals surface area contributed by atoms with Crippen molar-refractivity contribution >= 4 is 38.9 Å². The normalized spacial score (nSPS) is 13.2. The van der Waals surface area contributed by atoms with Crippen molar-refractivity contribution in [1.29, 1.82) is 0 Å². The van der Waals surface area contributed by atoms with E-state index in [9.17, 15) is 13.2 Å². The first-order valence-corrected chi connectivity index (χ1v) is 11.0. The largest absolute Gasteiger partial charge is 0.308 e. The molecule has 1 aliphatic rings. The van der Waals surface area contributed by atoms with Gasteiger partial charge in [0.2, 0.25) is 0 Å². The van der Waals surface area contributed by atoms with Gasteiger partial charge in [0, 0.05) is 17.8 Å². The number of carbonyl (C=O) groups excluding carboxylic acids is 1. The summed E-state index contributed by atoms with van der Waals surface area (Å²) < 4.78 is 28.5. The summed E-state index contributed by atoms with van der Waals surface area (Å²) in [5.41, 5.74) is 3.48. The maximum Gasteiger partial charge on any atom is 0.263 e. The van der Waals surface area contributed by atoms with Crippen molar-refractivity contribution in [3.63, 3.8) is 0 Å². The molecule has 1 N–H and O–H groups in total. The number of nitrogens with zero attached hydrogens (tertiary/aromatic N) is 1. The van der Waals surface area contributed by atoms with Gasteiger partial charge in [-0.15, -0.1) is 0 Å². The van der Waals surface area contributed by atoms with E-state index in [0.717, 1.165) is 23.2 Å². The summed E-state index contributed by atoms with van der Waals surface area (Å²) in [4.78, 5) is 14.6. The number of anilines is 2. The molecular weight excluding hydrogens is 408 g/mol. The Labute approximate surface area is 175 Å². The fourth-order valence-corrected chi connectivity index (χ4v) is 5.09. The van der Waals surface area contributed by atoms with Crippen LogP contribution in [-0.4, -0.2) is 20.9 Å². The van der Waals surface area contributed by atoms with Crippen LogP contribution in [0.1, 0.15) is 21.5 Å². The maximum absolute atomic E-state index is 13.1. The lowest BCUT2D eigenvalue weighted by molar-refractivity contribution is 0.0989. The van der Waals surface area contributed by atoms with Gasteiger partial charge in [-0.25, -0.2) is 8.42 Å². The summed E-state index contributed by atoms with van der Waals surface area (Å²) in [5, 5.41) is 0.0597. The Morgan fingerprint density at radius 1 is 1.03 bits per heavy atom. The van der Waals surface area contributed by atoms with Crippen molar-refractivity contribution in [2.24, 2.45) is 0 Å². The number of nitrogens with one attached hydrogen (secondary N) is 1. The summed E-state index contributed by atoms with van der Waals surface area (Å²) in [6, 6.07) is 19.1. The lowest BCUT2D eigenvalue weighted by Crippen LogP contribution is -2.29.